The van der Waals surface area contributed by atoms with E-state index in [2.05, 4.69) is 10.3 Å². The number of thiazole rings is 1. The maximum atomic E-state index is 11.8. The van der Waals surface area contributed by atoms with E-state index in [1.807, 2.05) is 18.4 Å². The summed E-state index contributed by atoms with van der Waals surface area (Å²) in [5.41, 5.74) is 1.08. The molecule has 1 aromatic rings. The van der Waals surface area contributed by atoms with Crippen LogP contribution in [-0.2, 0) is 4.79 Å². The molecule has 0 saturated heterocycles. The van der Waals surface area contributed by atoms with Crippen molar-refractivity contribution < 1.29 is 4.79 Å². The quantitative estimate of drug-likeness (QED) is 0.872. The number of hydrogen-bond donors (Lipinski definition) is 1. The molecule has 90 valence electrons. The van der Waals surface area contributed by atoms with Crippen LogP contribution in [0.5, 0.6) is 0 Å². The van der Waals surface area contributed by atoms with Gasteiger partial charge in [-0.05, 0) is 19.3 Å². The van der Waals surface area contributed by atoms with Gasteiger partial charge in [0, 0.05) is 11.3 Å². The number of carbonyl (C=O) groups is 1. The second kappa shape index (κ2) is 5.28. The van der Waals surface area contributed by atoms with E-state index in [1.54, 1.807) is 0 Å². The predicted molar refractivity (Wildman–Crippen MR) is 66.7 cm³/mol. The summed E-state index contributed by atoms with van der Waals surface area (Å²) in [5.74, 6) is -0.196. The number of hydrogen-bond acceptors (Lipinski definition) is 4. The molecule has 4 nitrogen and oxygen atoms in total. The molecular formula is C12H15N3OS. The summed E-state index contributed by atoms with van der Waals surface area (Å²) in [6, 6.07) is 2.03. The average Bonchev–Trinajstić information content (AvgIpc) is 3.07. The molecule has 1 aromatic heterocycles. The summed E-state index contributed by atoms with van der Waals surface area (Å²) in [7, 11) is 0. The Morgan fingerprint density at radius 1 is 1.76 bits per heavy atom. The van der Waals surface area contributed by atoms with Gasteiger partial charge in [0.2, 0.25) is 5.91 Å². The van der Waals surface area contributed by atoms with Crippen molar-refractivity contribution in [3.63, 3.8) is 0 Å². The molecule has 1 aliphatic rings. The third-order valence-corrected chi connectivity index (χ3v) is 3.57. The van der Waals surface area contributed by atoms with E-state index in [-0.39, 0.29) is 5.91 Å². The zero-order chi connectivity index (χ0) is 12.3. The van der Waals surface area contributed by atoms with Crippen LogP contribution in [-0.4, -0.2) is 10.9 Å². The lowest BCUT2D eigenvalue weighted by atomic mass is 10.1. The number of nitrogens with zero attached hydrogens (tertiary/aromatic N) is 2. The van der Waals surface area contributed by atoms with E-state index in [0.717, 1.165) is 12.1 Å². The Hall–Kier alpha value is -1.41. The fraction of sp³-hybridized carbons (Fsp3) is 0.583. The Morgan fingerprint density at radius 3 is 3.12 bits per heavy atom. The fourth-order valence-corrected chi connectivity index (χ4v) is 2.44. The number of aromatic nitrogens is 1. The van der Waals surface area contributed by atoms with Crippen molar-refractivity contribution in [2.45, 2.75) is 38.5 Å². The zero-order valence-corrected chi connectivity index (χ0v) is 10.6. The molecule has 1 atom stereocenters. The monoisotopic (exact) mass is 249 g/mol. The minimum atomic E-state index is -0.562. The van der Waals surface area contributed by atoms with E-state index < -0.39 is 5.92 Å². The number of rotatable bonds is 5. The number of nitrogens with one attached hydrogen (secondary N) is 1. The van der Waals surface area contributed by atoms with Gasteiger partial charge in [-0.3, -0.25) is 4.79 Å². The van der Waals surface area contributed by atoms with Crippen molar-refractivity contribution in [3.8, 4) is 6.07 Å². The number of nitriles is 1. The van der Waals surface area contributed by atoms with Gasteiger partial charge in [-0.25, -0.2) is 4.98 Å². The highest BCUT2D eigenvalue weighted by atomic mass is 32.1. The maximum absolute atomic E-state index is 11.8. The second-order valence-electron chi connectivity index (χ2n) is 4.31. The van der Waals surface area contributed by atoms with Crippen LogP contribution >= 0.6 is 11.3 Å². The number of amides is 1. The highest BCUT2D eigenvalue weighted by molar-refractivity contribution is 7.13. The standard InChI is InChI=1S/C12H15N3OS/c1-2-3-9(6-13)11(16)15-12-14-10(7-17-12)8-4-5-8/h7-9H,2-5H2,1H3,(H,14,15,16). The normalized spacial score (nSPS) is 16.2. The molecule has 1 amide bonds. The van der Waals surface area contributed by atoms with Crippen molar-refractivity contribution in [2.75, 3.05) is 5.32 Å². The van der Waals surface area contributed by atoms with Gasteiger partial charge in [0.25, 0.3) is 0 Å². The second-order valence-corrected chi connectivity index (χ2v) is 5.17. The van der Waals surface area contributed by atoms with E-state index in [1.165, 1.54) is 24.2 Å². The Labute approximate surface area is 105 Å². The Morgan fingerprint density at radius 2 is 2.53 bits per heavy atom. The highest BCUT2D eigenvalue weighted by Crippen LogP contribution is 2.40. The molecule has 1 N–H and O–H groups in total. The third-order valence-electron chi connectivity index (χ3n) is 2.80. The lowest BCUT2D eigenvalue weighted by Crippen LogP contribution is -2.21. The topological polar surface area (TPSA) is 65.8 Å². The van der Waals surface area contributed by atoms with Gasteiger partial charge in [0.15, 0.2) is 5.13 Å². The molecule has 0 bridgehead atoms. The molecule has 0 spiro atoms. The van der Waals surface area contributed by atoms with Crippen LogP contribution in [0.1, 0.15) is 44.2 Å². The molecule has 5 heteroatoms. The lowest BCUT2D eigenvalue weighted by molar-refractivity contribution is -0.118. The molecule has 1 aliphatic carbocycles. The van der Waals surface area contributed by atoms with Crippen LogP contribution in [0.15, 0.2) is 5.38 Å². The summed E-state index contributed by atoms with van der Waals surface area (Å²) >= 11 is 1.44. The first kappa shape index (κ1) is 12.1. The van der Waals surface area contributed by atoms with E-state index >= 15 is 0 Å². The van der Waals surface area contributed by atoms with E-state index in [4.69, 9.17) is 5.26 Å². The van der Waals surface area contributed by atoms with Crippen LogP contribution in [0, 0.1) is 17.2 Å². The number of carbonyl (C=O) groups excluding carboxylic acids is 1. The molecule has 2 rings (SSSR count). The molecule has 1 saturated carbocycles. The van der Waals surface area contributed by atoms with E-state index in [0.29, 0.717) is 17.5 Å². The minimum Gasteiger partial charge on any atom is -0.301 e. The summed E-state index contributed by atoms with van der Waals surface area (Å²) in [6.07, 6.45) is 3.83. The van der Waals surface area contributed by atoms with Crippen LogP contribution in [0.25, 0.3) is 0 Å². The van der Waals surface area contributed by atoms with Gasteiger partial charge in [-0.2, -0.15) is 5.26 Å². The number of anilines is 1. The Bertz CT molecular complexity index is 445. The third kappa shape index (κ3) is 3.04. The molecule has 0 aromatic carbocycles. The largest absolute Gasteiger partial charge is 0.301 e. The minimum absolute atomic E-state index is 0.231. The van der Waals surface area contributed by atoms with Crippen molar-refractivity contribution in [3.05, 3.63) is 11.1 Å². The molecule has 17 heavy (non-hydrogen) atoms. The van der Waals surface area contributed by atoms with Gasteiger partial charge in [-0.1, -0.05) is 13.3 Å². The first-order valence-electron chi connectivity index (χ1n) is 5.90. The van der Waals surface area contributed by atoms with Gasteiger partial charge in [0.05, 0.1) is 11.8 Å². The van der Waals surface area contributed by atoms with E-state index in [9.17, 15) is 4.79 Å². The van der Waals surface area contributed by atoms with Crippen LogP contribution in [0.4, 0.5) is 5.13 Å². The SMILES string of the molecule is CCCC(C#N)C(=O)Nc1nc(C2CC2)cs1. The van der Waals surface area contributed by atoms with Gasteiger partial charge in [-0.15, -0.1) is 11.3 Å². The summed E-state index contributed by atoms with van der Waals surface area (Å²) in [4.78, 5) is 16.1. The summed E-state index contributed by atoms with van der Waals surface area (Å²) in [6.45, 7) is 1.96. The molecular weight excluding hydrogens is 234 g/mol. The highest BCUT2D eigenvalue weighted by Gasteiger charge is 2.26. The molecule has 1 heterocycles. The van der Waals surface area contributed by atoms with Crippen molar-refractivity contribution in [2.24, 2.45) is 5.92 Å². The van der Waals surface area contributed by atoms with Gasteiger partial charge < -0.3 is 5.32 Å². The predicted octanol–water partition coefficient (Wildman–Crippen LogP) is 2.90. The van der Waals surface area contributed by atoms with Crippen molar-refractivity contribution >= 4 is 22.4 Å². The van der Waals surface area contributed by atoms with Crippen molar-refractivity contribution in [1.29, 1.82) is 5.26 Å². The lowest BCUT2D eigenvalue weighted by Gasteiger charge is -2.06. The first-order valence-corrected chi connectivity index (χ1v) is 6.78. The van der Waals surface area contributed by atoms with Gasteiger partial charge in [0.1, 0.15) is 5.92 Å². The van der Waals surface area contributed by atoms with Crippen molar-refractivity contribution in [1.82, 2.24) is 4.98 Å². The van der Waals surface area contributed by atoms with Crippen LogP contribution in [0.3, 0.4) is 0 Å². The molecule has 0 aliphatic heterocycles. The average molecular weight is 249 g/mol. The molecule has 1 fully saturated rings. The Balaban J connectivity index is 1.94. The fourth-order valence-electron chi connectivity index (χ4n) is 1.65. The van der Waals surface area contributed by atoms with Gasteiger partial charge >= 0.3 is 0 Å². The zero-order valence-electron chi connectivity index (χ0n) is 9.77. The van der Waals surface area contributed by atoms with Crippen LogP contribution in [0.2, 0.25) is 0 Å². The smallest absolute Gasteiger partial charge is 0.243 e. The molecule has 1 unspecified atom stereocenters. The summed E-state index contributed by atoms with van der Waals surface area (Å²) < 4.78 is 0. The maximum Gasteiger partial charge on any atom is 0.243 e. The van der Waals surface area contributed by atoms with Crippen LogP contribution < -0.4 is 5.32 Å². The molecule has 0 radical (unpaired) electrons. The first-order chi connectivity index (χ1) is 8.24. The Kier molecular flexibility index (Phi) is 3.75. The summed E-state index contributed by atoms with van der Waals surface area (Å²) in [5, 5.41) is 14.2.